The predicted octanol–water partition coefficient (Wildman–Crippen LogP) is 4.68. The number of carbonyl (C=O) groups excluding carboxylic acids is 1. The van der Waals surface area contributed by atoms with Crippen LogP contribution in [0, 0.1) is 19.8 Å². The highest BCUT2D eigenvalue weighted by atomic mass is 16.3. The summed E-state index contributed by atoms with van der Waals surface area (Å²) in [6, 6.07) is 10.2. The van der Waals surface area contributed by atoms with Crippen molar-refractivity contribution in [2.75, 3.05) is 6.54 Å². The van der Waals surface area contributed by atoms with Crippen LogP contribution in [0.15, 0.2) is 41.0 Å². The molecular formula is C21H26N2O2. The number of amides is 1. The van der Waals surface area contributed by atoms with Crippen LogP contribution in [-0.2, 0) is 6.54 Å². The van der Waals surface area contributed by atoms with Crippen LogP contribution in [0.5, 0.6) is 0 Å². The van der Waals surface area contributed by atoms with Crippen LogP contribution in [0.4, 0.5) is 0 Å². The van der Waals surface area contributed by atoms with E-state index in [1.165, 1.54) is 16.7 Å². The van der Waals surface area contributed by atoms with Gasteiger partial charge in [0.05, 0.1) is 11.8 Å². The highest BCUT2D eigenvalue weighted by Gasteiger charge is 2.18. The summed E-state index contributed by atoms with van der Waals surface area (Å²) >= 11 is 0. The van der Waals surface area contributed by atoms with Gasteiger partial charge in [-0.25, -0.2) is 0 Å². The first-order chi connectivity index (χ1) is 12.0. The van der Waals surface area contributed by atoms with E-state index >= 15 is 0 Å². The highest BCUT2D eigenvalue weighted by molar-refractivity contribution is 5.97. The Labute approximate surface area is 148 Å². The first-order valence-corrected chi connectivity index (χ1v) is 8.86. The van der Waals surface area contributed by atoms with Crippen molar-refractivity contribution in [3.05, 3.63) is 59.0 Å². The number of hydrogen-bond donors (Lipinski definition) is 1. The third-order valence-electron chi connectivity index (χ3n) is 4.60. The minimum absolute atomic E-state index is 0.0441. The molecule has 0 aliphatic heterocycles. The molecule has 3 rings (SSSR count). The molecule has 0 atom stereocenters. The zero-order chi connectivity index (χ0) is 18.0. The lowest BCUT2D eigenvalue weighted by atomic mass is 10.1. The van der Waals surface area contributed by atoms with Gasteiger partial charge < -0.3 is 14.3 Å². The minimum atomic E-state index is -0.0441. The summed E-state index contributed by atoms with van der Waals surface area (Å²) in [6.45, 7) is 9.85. The molecule has 2 heterocycles. The van der Waals surface area contributed by atoms with Crippen LogP contribution >= 0.6 is 0 Å². The average Bonchev–Trinajstić information content (AvgIpc) is 3.13. The van der Waals surface area contributed by atoms with Crippen molar-refractivity contribution >= 4 is 17.0 Å². The summed E-state index contributed by atoms with van der Waals surface area (Å²) < 4.78 is 7.57. The Balaban J connectivity index is 1.91. The van der Waals surface area contributed by atoms with E-state index in [-0.39, 0.29) is 5.91 Å². The molecule has 0 spiro atoms. The van der Waals surface area contributed by atoms with Crippen molar-refractivity contribution < 1.29 is 9.21 Å². The van der Waals surface area contributed by atoms with Gasteiger partial charge in [-0.05, 0) is 37.3 Å². The van der Waals surface area contributed by atoms with E-state index in [0.717, 1.165) is 17.5 Å². The van der Waals surface area contributed by atoms with E-state index in [1.807, 2.05) is 16.7 Å². The highest BCUT2D eigenvalue weighted by Crippen LogP contribution is 2.24. The van der Waals surface area contributed by atoms with Gasteiger partial charge in [-0.2, -0.15) is 0 Å². The number of nitrogens with one attached hydrogen (secondary N) is 1. The Morgan fingerprint density at radius 3 is 2.76 bits per heavy atom. The fraction of sp³-hybridized carbons (Fsp3) is 0.381. The lowest BCUT2D eigenvalue weighted by Gasteiger charge is -2.13. The molecule has 4 nitrogen and oxygen atoms in total. The second-order valence-corrected chi connectivity index (χ2v) is 7.15. The quantitative estimate of drug-likeness (QED) is 0.709. The first-order valence-electron chi connectivity index (χ1n) is 8.86. The molecular weight excluding hydrogens is 312 g/mol. The summed E-state index contributed by atoms with van der Waals surface area (Å²) in [5, 5.41) is 3.03. The van der Waals surface area contributed by atoms with Crippen molar-refractivity contribution in [3.8, 4) is 0 Å². The van der Waals surface area contributed by atoms with Crippen LogP contribution in [0.25, 0.3) is 11.1 Å². The number of aromatic nitrogens is 1. The Kier molecular flexibility index (Phi) is 4.98. The largest absolute Gasteiger partial charge is 0.463 e. The molecule has 0 saturated carbocycles. The minimum Gasteiger partial charge on any atom is -0.463 e. The van der Waals surface area contributed by atoms with Gasteiger partial charge >= 0.3 is 0 Å². The van der Waals surface area contributed by atoms with Gasteiger partial charge in [0.1, 0.15) is 5.69 Å². The normalized spacial score (nSPS) is 11.4. The monoisotopic (exact) mass is 338 g/mol. The van der Waals surface area contributed by atoms with Crippen molar-refractivity contribution in [1.82, 2.24) is 9.88 Å². The van der Waals surface area contributed by atoms with Crippen LogP contribution < -0.4 is 5.32 Å². The SMILES string of the molecule is Cc1ccc(C)c(Cn2c(C(=O)NCCC(C)C)cc3occc32)c1. The molecule has 0 aliphatic rings. The van der Waals surface area contributed by atoms with Crippen molar-refractivity contribution in [2.45, 2.75) is 40.7 Å². The van der Waals surface area contributed by atoms with Gasteiger partial charge in [0, 0.05) is 25.2 Å². The van der Waals surface area contributed by atoms with Crippen molar-refractivity contribution in [1.29, 1.82) is 0 Å². The average molecular weight is 338 g/mol. The zero-order valence-corrected chi connectivity index (χ0v) is 15.4. The Morgan fingerprint density at radius 2 is 2.00 bits per heavy atom. The summed E-state index contributed by atoms with van der Waals surface area (Å²) in [6.07, 6.45) is 2.64. The Morgan fingerprint density at radius 1 is 1.20 bits per heavy atom. The summed E-state index contributed by atoms with van der Waals surface area (Å²) in [4.78, 5) is 12.7. The van der Waals surface area contributed by atoms with E-state index in [9.17, 15) is 4.79 Å². The van der Waals surface area contributed by atoms with Gasteiger partial charge in [-0.1, -0.05) is 37.6 Å². The van der Waals surface area contributed by atoms with Gasteiger partial charge in [0.25, 0.3) is 5.91 Å². The van der Waals surface area contributed by atoms with Crippen LogP contribution in [0.3, 0.4) is 0 Å². The Bertz CT molecular complexity index is 887. The zero-order valence-electron chi connectivity index (χ0n) is 15.4. The lowest BCUT2D eigenvalue weighted by molar-refractivity contribution is 0.0943. The molecule has 0 radical (unpaired) electrons. The number of carbonyl (C=O) groups is 1. The van der Waals surface area contributed by atoms with Gasteiger partial charge in [0.15, 0.2) is 5.58 Å². The molecule has 0 unspecified atom stereocenters. The molecule has 1 amide bonds. The number of hydrogen-bond acceptors (Lipinski definition) is 2. The van der Waals surface area contributed by atoms with Gasteiger partial charge in [-0.3, -0.25) is 4.79 Å². The van der Waals surface area contributed by atoms with E-state index < -0.39 is 0 Å². The first kappa shape index (κ1) is 17.3. The third kappa shape index (κ3) is 3.78. The molecule has 0 fully saturated rings. The van der Waals surface area contributed by atoms with E-state index in [4.69, 9.17) is 4.42 Å². The molecule has 1 N–H and O–H groups in total. The molecule has 0 saturated heterocycles. The second kappa shape index (κ2) is 7.18. The third-order valence-corrected chi connectivity index (χ3v) is 4.60. The lowest BCUT2D eigenvalue weighted by Crippen LogP contribution is -2.27. The molecule has 2 aromatic heterocycles. The summed E-state index contributed by atoms with van der Waals surface area (Å²) in [5.41, 5.74) is 6.02. The number of aryl methyl sites for hydroxylation is 2. The molecule has 1 aromatic carbocycles. The van der Waals surface area contributed by atoms with Gasteiger partial charge in [-0.15, -0.1) is 0 Å². The maximum Gasteiger partial charge on any atom is 0.268 e. The van der Waals surface area contributed by atoms with E-state index in [1.54, 1.807) is 6.26 Å². The maximum atomic E-state index is 12.7. The number of fused-ring (bicyclic) bond motifs is 1. The van der Waals surface area contributed by atoms with E-state index in [0.29, 0.717) is 24.7 Å². The molecule has 4 heteroatoms. The van der Waals surface area contributed by atoms with E-state index in [2.05, 4.69) is 51.2 Å². The van der Waals surface area contributed by atoms with Crippen molar-refractivity contribution in [2.24, 2.45) is 5.92 Å². The van der Waals surface area contributed by atoms with Crippen molar-refractivity contribution in [3.63, 3.8) is 0 Å². The molecule has 0 bridgehead atoms. The summed E-state index contributed by atoms with van der Waals surface area (Å²) in [7, 11) is 0. The molecule has 0 aliphatic carbocycles. The second-order valence-electron chi connectivity index (χ2n) is 7.15. The van der Waals surface area contributed by atoms with Crippen LogP contribution in [0.1, 0.15) is 47.4 Å². The molecule has 25 heavy (non-hydrogen) atoms. The number of nitrogens with zero attached hydrogens (tertiary/aromatic N) is 1. The molecule has 132 valence electrons. The fourth-order valence-corrected chi connectivity index (χ4v) is 3.04. The topological polar surface area (TPSA) is 47.2 Å². The smallest absolute Gasteiger partial charge is 0.268 e. The molecule has 3 aromatic rings. The van der Waals surface area contributed by atoms with Crippen LogP contribution in [0.2, 0.25) is 0 Å². The van der Waals surface area contributed by atoms with Gasteiger partial charge in [0.2, 0.25) is 0 Å². The summed E-state index contributed by atoms with van der Waals surface area (Å²) in [5.74, 6) is 0.524. The standard InChI is InChI=1S/C21H26N2O2/c1-14(2)7-9-22-21(24)19-12-20-18(8-10-25-20)23(19)13-17-11-15(3)5-6-16(17)4/h5-6,8,10-12,14H,7,9,13H2,1-4H3,(H,22,24). The maximum absolute atomic E-state index is 12.7. The Hall–Kier alpha value is -2.49. The fourth-order valence-electron chi connectivity index (χ4n) is 3.04. The number of rotatable bonds is 6. The van der Waals surface area contributed by atoms with Crippen LogP contribution in [-0.4, -0.2) is 17.0 Å². The predicted molar refractivity (Wildman–Crippen MR) is 101 cm³/mol. The number of benzene rings is 1. The number of furan rings is 1.